The topological polar surface area (TPSA) is 69.6 Å². The second-order valence-electron chi connectivity index (χ2n) is 4.89. The molecule has 1 aliphatic heterocycles. The lowest BCUT2D eigenvalue weighted by molar-refractivity contribution is -0.116. The Labute approximate surface area is 127 Å². The zero-order valence-electron chi connectivity index (χ0n) is 12.0. The molecule has 0 saturated carbocycles. The van der Waals surface area contributed by atoms with Crippen LogP contribution in [-0.4, -0.2) is 23.7 Å². The maximum absolute atomic E-state index is 12.0. The van der Waals surface area contributed by atoms with Gasteiger partial charge in [-0.1, -0.05) is 6.07 Å². The lowest BCUT2D eigenvalue weighted by Gasteiger charge is -2.19. The zero-order valence-corrected chi connectivity index (χ0v) is 12.0. The van der Waals surface area contributed by atoms with E-state index in [1.807, 2.05) is 0 Å². The van der Waals surface area contributed by atoms with Gasteiger partial charge in [-0.3, -0.25) is 9.59 Å². The molecule has 1 amide bonds. The zero-order chi connectivity index (χ0) is 15.4. The predicted molar refractivity (Wildman–Crippen MR) is 81.4 cm³/mol. The van der Waals surface area contributed by atoms with E-state index in [1.54, 1.807) is 36.5 Å². The molecular formula is C16H16N2O4. The van der Waals surface area contributed by atoms with Gasteiger partial charge in [-0.25, -0.2) is 0 Å². The number of ether oxygens (including phenoxy) is 2. The number of aryl methyl sites for hydroxylation is 1. The normalized spacial score (nSPS) is 12.7. The van der Waals surface area contributed by atoms with Crippen molar-refractivity contribution in [1.29, 1.82) is 0 Å². The Morgan fingerprint density at radius 3 is 2.77 bits per heavy atom. The van der Waals surface area contributed by atoms with E-state index in [4.69, 9.17) is 9.47 Å². The number of aromatic nitrogens is 1. The predicted octanol–water partition coefficient (Wildman–Crippen LogP) is 1.65. The number of benzene rings is 1. The summed E-state index contributed by atoms with van der Waals surface area (Å²) in [4.78, 5) is 23.5. The van der Waals surface area contributed by atoms with E-state index >= 15 is 0 Å². The smallest absolute Gasteiger partial charge is 0.250 e. The van der Waals surface area contributed by atoms with Gasteiger partial charge in [-0.15, -0.1) is 0 Å². The highest BCUT2D eigenvalue weighted by Gasteiger charge is 2.12. The van der Waals surface area contributed by atoms with Crippen molar-refractivity contribution in [3.63, 3.8) is 0 Å². The highest BCUT2D eigenvalue weighted by Crippen LogP contribution is 2.32. The molecule has 22 heavy (non-hydrogen) atoms. The summed E-state index contributed by atoms with van der Waals surface area (Å²) >= 11 is 0. The third-order valence-electron chi connectivity index (χ3n) is 3.30. The van der Waals surface area contributed by atoms with Crippen molar-refractivity contribution in [1.82, 2.24) is 4.57 Å². The Bertz CT molecular complexity index is 739. The molecule has 1 N–H and O–H groups in total. The van der Waals surface area contributed by atoms with E-state index in [2.05, 4.69) is 5.32 Å². The van der Waals surface area contributed by atoms with Crippen LogP contribution >= 0.6 is 0 Å². The van der Waals surface area contributed by atoms with Crippen LogP contribution in [-0.2, 0) is 11.3 Å². The van der Waals surface area contributed by atoms with Crippen molar-refractivity contribution in [3.8, 4) is 11.5 Å². The van der Waals surface area contributed by atoms with Gasteiger partial charge in [0.25, 0.3) is 5.56 Å². The first-order valence-electron chi connectivity index (χ1n) is 7.07. The molecule has 0 radical (unpaired) electrons. The first-order valence-corrected chi connectivity index (χ1v) is 7.07. The van der Waals surface area contributed by atoms with Gasteiger partial charge in [0.1, 0.15) is 13.2 Å². The summed E-state index contributed by atoms with van der Waals surface area (Å²) in [5.74, 6) is 1.15. The molecule has 0 spiro atoms. The summed E-state index contributed by atoms with van der Waals surface area (Å²) in [5.41, 5.74) is 0.532. The summed E-state index contributed by atoms with van der Waals surface area (Å²) in [6.45, 7) is 1.38. The van der Waals surface area contributed by atoms with E-state index in [9.17, 15) is 9.59 Å². The van der Waals surface area contributed by atoms with Crippen LogP contribution in [0.2, 0.25) is 0 Å². The maximum atomic E-state index is 12.0. The Morgan fingerprint density at radius 2 is 1.95 bits per heavy atom. The van der Waals surface area contributed by atoms with Crippen molar-refractivity contribution in [2.24, 2.45) is 0 Å². The van der Waals surface area contributed by atoms with Crippen LogP contribution in [0.1, 0.15) is 6.42 Å². The highest BCUT2D eigenvalue weighted by molar-refractivity contribution is 5.91. The molecule has 1 aromatic heterocycles. The number of hydrogen-bond donors (Lipinski definition) is 1. The largest absolute Gasteiger partial charge is 0.486 e. The van der Waals surface area contributed by atoms with Gasteiger partial charge in [0.05, 0.1) is 0 Å². The molecule has 3 rings (SSSR count). The van der Waals surface area contributed by atoms with E-state index in [-0.39, 0.29) is 17.9 Å². The Kier molecular flexibility index (Phi) is 4.09. The summed E-state index contributed by atoms with van der Waals surface area (Å²) in [5, 5.41) is 2.79. The minimum atomic E-state index is -0.160. The van der Waals surface area contributed by atoms with Crippen LogP contribution in [0.15, 0.2) is 47.4 Å². The van der Waals surface area contributed by atoms with Crippen LogP contribution in [0.25, 0.3) is 0 Å². The molecular weight excluding hydrogens is 284 g/mol. The van der Waals surface area contributed by atoms with Crippen LogP contribution in [0, 0.1) is 0 Å². The monoisotopic (exact) mass is 300 g/mol. The number of nitrogens with zero attached hydrogens (tertiary/aromatic N) is 1. The molecule has 1 aliphatic rings. The fraction of sp³-hybridized carbons (Fsp3) is 0.250. The van der Waals surface area contributed by atoms with Gasteiger partial charge >= 0.3 is 0 Å². The number of carbonyl (C=O) groups is 1. The third-order valence-corrected chi connectivity index (χ3v) is 3.30. The number of amides is 1. The van der Waals surface area contributed by atoms with Gasteiger partial charge in [0.15, 0.2) is 11.5 Å². The van der Waals surface area contributed by atoms with Gasteiger partial charge in [-0.05, 0) is 18.2 Å². The van der Waals surface area contributed by atoms with Crippen molar-refractivity contribution < 1.29 is 14.3 Å². The first-order chi connectivity index (χ1) is 10.7. The lowest BCUT2D eigenvalue weighted by Crippen LogP contribution is -2.22. The second kappa shape index (κ2) is 6.34. The molecule has 2 heterocycles. The maximum Gasteiger partial charge on any atom is 0.250 e. The van der Waals surface area contributed by atoms with Gasteiger partial charge in [-0.2, -0.15) is 0 Å². The van der Waals surface area contributed by atoms with E-state index in [0.29, 0.717) is 36.9 Å². The fourth-order valence-corrected chi connectivity index (χ4v) is 2.21. The molecule has 0 unspecified atom stereocenters. The standard InChI is InChI=1S/C16H16N2O4/c19-15(6-8-18-7-2-1-3-16(18)20)17-12-4-5-13-14(11-12)22-10-9-21-13/h1-5,7,11H,6,8-10H2,(H,17,19). The molecule has 0 saturated heterocycles. The van der Waals surface area contributed by atoms with E-state index < -0.39 is 0 Å². The number of anilines is 1. The molecule has 0 bridgehead atoms. The third kappa shape index (κ3) is 3.28. The lowest BCUT2D eigenvalue weighted by atomic mass is 10.2. The van der Waals surface area contributed by atoms with Crippen molar-refractivity contribution >= 4 is 11.6 Å². The van der Waals surface area contributed by atoms with Crippen molar-refractivity contribution in [3.05, 3.63) is 52.9 Å². The molecule has 114 valence electrons. The molecule has 1 aromatic carbocycles. The summed E-state index contributed by atoms with van der Waals surface area (Å²) in [7, 11) is 0. The molecule has 0 aliphatic carbocycles. The van der Waals surface area contributed by atoms with Gasteiger partial charge in [0, 0.05) is 37.0 Å². The number of nitrogens with one attached hydrogen (secondary N) is 1. The fourth-order valence-electron chi connectivity index (χ4n) is 2.21. The van der Waals surface area contributed by atoms with Crippen molar-refractivity contribution in [2.45, 2.75) is 13.0 Å². The van der Waals surface area contributed by atoms with Gasteiger partial charge < -0.3 is 19.4 Å². The SMILES string of the molecule is O=C(CCn1ccccc1=O)Nc1ccc2c(c1)OCCO2. The Morgan fingerprint density at radius 1 is 1.14 bits per heavy atom. The van der Waals surface area contributed by atoms with E-state index in [0.717, 1.165) is 0 Å². The summed E-state index contributed by atoms with van der Waals surface area (Å²) in [6, 6.07) is 10.2. The van der Waals surface area contributed by atoms with E-state index in [1.165, 1.54) is 10.6 Å². The molecule has 6 heteroatoms. The molecule has 0 atom stereocenters. The number of carbonyl (C=O) groups excluding carboxylic acids is 1. The van der Waals surface area contributed by atoms with Gasteiger partial charge in [0.2, 0.25) is 5.91 Å². The van der Waals surface area contributed by atoms with Crippen LogP contribution < -0.4 is 20.3 Å². The minimum Gasteiger partial charge on any atom is -0.486 e. The number of fused-ring (bicyclic) bond motifs is 1. The summed E-state index contributed by atoms with van der Waals surface area (Å²) in [6.07, 6.45) is 1.89. The summed E-state index contributed by atoms with van der Waals surface area (Å²) < 4.78 is 12.4. The van der Waals surface area contributed by atoms with Crippen LogP contribution in [0.4, 0.5) is 5.69 Å². The quantitative estimate of drug-likeness (QED) is 0.932. The molecule has 6 nitrogen and oxygen atoms in total. The average Bonchev–Trinajstić information content (AvgIpc) is 2.54. The van der Waals surface area contributed by atoms with Crippen molar-refractivity contribution in [2.75, 3.05) is 18.5 Å². The number of hydrogen-bond acceptors (Lipinski definition) is 4. The highest BCUT2D eigenvalue weighted by atomic mass is 16.6. The Hall–Kier alpha value is -2.76. The first kappa shape index (κ1) is 14.2. The van der Waals surface area contributed by atoms with Crippen LogP contribution in [0.5, 0.6) is 11.5 Å². The van der Waals surface area contributed by atoms with Crippen LogP contribution in [0.3, 0.4) is 0 Å². The number of rotatable bonds is 4. The minimum absolute atomic E-state index is 0.116. The molecule has 2 aromatic rings. The second-order valence-corrected chi connectivity index (χ2v) is 4.89. The molecule has 0 fully saturated rings. The average molecular weight is 300 g/mol. The number of pyridine rings is 1. The Balaban J connectivity index is 1.60.